The van der Waals surface area contributed by atoms with Crippen LogP contribution in [0.3, 0.4) is 0 Å². The van der Waals surface area contributed by atoms with Crippen molar-refractivity contribution in [2.45, 2.75) is 25.0 Å². The Morgan fingerprint density at radius 2 is 1.74 bits per heavy atom. The predicted molar refractivity (Wildman–Crippen MR) is 82.3 cm³/mol. The van der Waals surface area contributed by atoms with Crippen LogP contribution in [0.2, 0.25) is 0 Å². The van der Waals surface area contributed by atoms with Gasteiger partial charge in [0.15, 0.2) is 0 Å². The molecule has 0 saturated carbocycles. The zero-order chi connectivity index (χ0) is 16.9. The van der Waals surface area contributed by atoms with Crippen LogP contribution < -0.4 is 5.32 Å². The molecule has 2 saturated heterocycles. The third kappa shape index (κ3) is 4.27. The van der Waals surface area contributed by atoms with Gasteiger partial charge in [-0.05, 0) is 12.8 Å². The summed E-state index contributed by atoms with van der Waals surface area (Å²) in [5.74, 6) is -1.00. The first-order chi connectivity index (χ1) is 11.1. The van der Waals surface area contributed by atoms with E-state index in [1.54, 1.807) is 0 Å². The highest BCUT2D eigenvalue weighted by Crippen LogP contribution is 2.31. The molecule has 2 fully saturated rings. The van der Waals surface area contributed by atoms with Gasteiger partial charge in [0.1, 0.15) is 5.41 Å². The SMILES string of the molecule is C=CCC(CC=C)(C(=O)NCC1CO1)C(=O)N(C=O)CC1CO1. The maximum Gasteiger partial charge on any atom is 0.245 e. The summed E-state index contributed by atoms with van der Waals surface area (Å²) in [5, 5.41) is 2.73. The largest absolute Gasteiger partial charge is 0.371 e. The van der Waals surface area contributed by atoms with Gasteiger partial charge in [0.25, 0.3) is 0 Å². The first-order valence-electron chi connectivity index (χ1n) is 7.57. The van der Waals surface area contributed by atoms with E-state index in [2.05, 4.69) is 18.5 Å². The van der Waals surface area contributed by atoms with Gasteiger partial charge in [-0.3, -0.25) is 19.3 Å². The molecule has 2 unspecified atom stereocenters. The van der Waals surface area contributed by atoms with Crippen molar-refractivity contribution in [3.8, 4) is 0 Å². The van der Waals surface area contributed by atoms with Crippen LogP contribution in [0.5, 0.6) is 0 Å². The molecule has 0 radical (unpaired) electrons. The third-order valence-corrected chi connectivity index (χ3v) is 3.91. The molecule has 2 aliphatic heterocycles. The molecule has 7 nitrogen and oxygen atoms in total. The van der Waals surface area contributed by atoms with Crippen molar-refractivity contribution in [3.63, 3.8) is 0 Å². The second kappa shape index (κ2) is 7.52. The molecule has 0 aromatic heterocycles. The summed E-state index contributed by atoms with van der Waals surface area (Å²) >= 11 is 0. The van der Waals surface area contributed by atoms with Gasteiger partial charge >= 0.3 is 0 Å². The average Bonchev–Trinajstić information content (AvgIpc) is 3.44. The highest BCUT2D eigenvalue weighted by Gasteiger charge is 2.47. The highest BCUT2D eigenvalue weighted by atomic mass is 16.6. The Morgan fingerprint density at radius 3 is 2.17 bits per heavy atom. The molecule has 3 amide bonds. The van der Waals surface area contributed by atoms with E-state index >= 15 is 0 Å². The summed E-state index contributed by atoms with van der Waals surface area (Å²) in [6.45, 7) is 8.88. The van der Waals surface area contributed by atoms with E-state index in [1.165, 1.54) is 12.2 Å². The normalized spacial score (nSPS) is 21.9. The molecule has 23 heavy (non-hydrogen) atoms. The molecule has 2 aliphatic rings. The summed E-state index contributed by atoms with van der Waals surface area (Å²) < 4.78 is 10.1. The van der Waals surface area contributed by atoms with Crippen LogP contribution in [0.1, 0.15) is 12.8 Å². The van der Waals surface area contributed by atoms with Gasteiger partial charge < -0.3 is 14.8 Å². The van der Waals surface area contributed by atoms with Gasteiger partial charge in [0.05, 0.1) is 32.0 Å². The molecule has 1 N–H and O–H groups in total. The maximum atomic E-state index is 12.9. The van der Waals surface area contributed by atoms with Crippen molar-refractivity contribution in [3.05, 3.63) is 25.3 Å². The van der Waals surface area contributed by atoms with E-state index in [4.69, 9.17) is 9.47 Å². The number of nitrogens with zero attached hydrogens (tertiary/aromatic N) is 1. The van der Waals surface area contributed by atoms with E-state index < -0.39 is 17.2 Å². The fourth-order valence-electron chi connectivity index (χ4n) is 2.44. The molecule has 2 rings (SSSR count). The molecule has 2 heterocycles. The quantitative estimate of drug-likeness (QED) is 0.251. The Bertz CT molecular complexity index is 487. The number of carbonyl (C=O) groups is 3. The highest BCUT2D eigenvalue weighted by molar-refractivity contribution is 6.08. The van der Waals surface area contributed by atoms with E-state index in [1.807, 2.05) is 0 Å². The topological polar surface area (TPSA) is 91.5 Å². The van der Waals surface area contributed by atoms with Crippen molar-refractivity contribution in [1.29, 1.82) is 0 Å². The first kappa shape index (κ1) is 17.4. The number of rotatable bonds is 11. The maximum absolute atomic E-state index is 12.9. The lowest BCUT2D eigenvalue weighted by Gasteiger charge is -2.32. The van der Waals surface area contributed by atoms with Gasteiger partial charge in [-0.1, -0.05) is 12.2 Å². The van der Waals surface area contributed by atoms with Gasteiger partial charge in [0.2, 0.25) is 18.2 Å². The number of amides is 3. The van der Waals surface area contributed by atoms with Crippen LogP contribution in [0.25, 0.3) is 0 Å². The number of hydrogen-bond donors (Lipinski definition) is 1. The number of allylic oxidation sites excluding steroid dienone is 2. The van der Waals surface area contributed by atoms with Crippen LogP contribution in [0.15, 0.2) is 25.3 Å². The molecule has 7 heteroatoms. The van der Waals surface area contributed by atoms with Crippen molar-refractivity contribution in [2.24, 2.45) is 5.41 Å². The second-order valence-electron chi connectivity index (χ2n) is 5.75. The molecule has 0 aromatic carbocycles. The number of hydrogen-bond acceptors (Lipinski definition) is 5. The fraction of sp³-hybridized carbons (Fsp3) is 0.562. The zero-order valence-electron chi connectivity index (χ0n) is 13.0. The summed E-state index contributed by atoms with van der Waals surface area (Å²) in [5.41, 5.74) is -1.42. The van der Waals surface area contributed by atoms with Crippen LogP contribution in [-0.2, 0) is 23.9 Å². The van der Waals surface area contributed by atoms with E-state index in [0.29, 0.717) is 26.2 Å². The summed E-state index contributed by atoms with van der Waals surface area (Å²) in [7, 11) is 0. The number of imide groups is 1. The van der Waals surface area contributed by atoms with Gasteiger partial charge in [-0.25, -0.2) is 0 Å². The minimum Gasteiger partial charge on any atom is -0.371 e. The van der Waals surface area contributed by atoms with Crippen LogP contribution in [0, 0.1) is 5.41 Å². The van der Waals surface area contributed by atoms with Crippen molar-refractivity contribution >= 4 is 18.2 Å². The fourth-order valence-corrected chi connectivity index (χ4v) is 2.44. The van der Waals surface area contributed by atoms with Crippen LogP contribution in [0.4, 0.5) is 0 Å². The minimum atomic E-state index is -1.42. The zero-order valence-corrected chi connectivity index (χ0v) is 13.0. The monoisotopic (exact) mass is 322 g/mol. The van der Waals surface area contributed by atoms with Gasteiger partial charge in [-0.2, -0.15) is 0 Å². The van der Waals surface area contributed by atoms with E-state index in [-0.39, 0.29) is 31.6 Å². The molecule has 0 bridgehead atoms. The summed E-state index contributed by atoms with van der Waals surface area (Å²) in [4.78, 5) is 37.9. The third-order valence-electron chi connectivity index (χ3n) is 3.91. The Hall–Kier alpha value is -1.99. The Morgan fingerprint density at radius 1 is 1.17 bits per heavy atom. The number of epoxide rings is 2. The van der Waals surface area contributed by atoms with Crippen molar-refractivity contribution in [2.75, 3.05) is 26.3 Å². The van der Waals surface area contributed by atoms with Crippen LogP contribution >= 0.6 is 0 Å². The van der Waals surface area contributed by atoms with Crippen LogP contribution in [-0.4, -0.2) is 61.6 Å². The Labute approximate surface area is 135 Å². The van der Waals surface area contributed by atoms with Crippen molar-refractivity contribution < 1.29 is 23.9 Å². The first-order valence-corrected chi connectivity index (χ1v) is 7.57. The summed E-state index contributed by atoms with van der Waals surface area (Å²) in [6.07, 6.45) is 3.55. The Kier molecular flexibility index (Phi) is 5.68. The second-order valence-corrected chi connectivity index (χ2v) is 5.75. The van der Waals surface area contributed by atoms with E-state index in [9.17, 15) is 14.4 Å². The molecular formula is C16H22N2O5. The Balaban J connectivity index is 2.18. The minimum absolute atomic E-state index is 0.00116. The van der Waals surface area contributed by atoms with Gasteiger partial charge in [0, 0.05) is 6.54 Å². The predicted octanol–water partition coefficient (Wildman–Crippen LogP) is 0.0238. The standard InChI is InChI=1S/C16H22N2O5/c1-3-5-16(6-4-2,14(20)17-7-12-9-22-12)15(21)18(11-19)8-13-10-23-13/h3-4,11-13H,1-2,5-10H2,(H,17,20). The van der Waals surface area contributed by atoms with E-state index in [0.717, 1.165) is 4.90 Å². The lowest BCUT2D eigenvalue weighted by atomic mass is 9.78. The number of nitrogens with one attached hydrogen (secondary N) is 1. The summed E-state index contributed by atoms with van der Waals surface area (Å²) in [6, 6.07) is 0. The lowest BCUT2D eigenvalue weighted by molar-refractivity contribution is -0.153. The lowest BCUT2D eigenvalue weighted by Crippen LogP contribution is -2.53. The smallest absolute Gasteiger partial charge is 0.245 e. The molecular weight excluding hydrogens is 300 g/mol. The number of carbonyl (C=O) groups excluding carboxylic acids is 3. The molecule has 2 atom stereocenters. The number of ether oxygens (including phenoxy) is 2. The molecule has 0 aromatic rings. The van der Waals surface area contributed by atoms with Crippen molar-refractivity contribution in [1.82, 2.24) is 10.2 Å². The molecule has 0 aliphatic carbocycles. The molecule has 126 valence electrons. The average molecular weight is 322 g/mol. The van der Waals surface area contributed by atoms with Gasteiger partial charge in [-0.15, -0.1) is 13.2 Å². The molecule has 0 spiro atoms.